The number of hydrogen-bond acceptors (Lipinski definition) is 5. The van der Waals surface area contributed by atoms with Crippen molar-refractivity contribution < 1.29 is 40.6 Å². The first kappa shape index (κ1) is 25.6. The van der Waals surface area contributed by atoms with Crippen LogP contribution in [0.2, 0.25) is 0 Å². The SMILES string of the molecule is COc1c(C#N)ccc(O[C@@H](C)C(F)(F)F)c1C(=O)N1CC(c2ncc(C(F)(F)F)cc2Br)C1. The maximum Gasteiger partial charge on any atom is 0.425 e. The third kappa shape index (κ3) is 5.06. The molecule has 3 rings (SSSR count). The lowest BCUT2D eigenvalue weighted by molar-refractivity contribution is -0.189. The molecule has 2 aromatic rings. The van der Waals surface area contributed by atoms with Gasteiger partial charge in [-0.3, -0.25) is 9.78 Å². The molecule has 1 aromatic heterocycles. The van der Waals surface area contributed by atoms with Gasteiger partial charge in [0, 0.05) is 29.7 Å². The molecule has 182 valence electrons. The second kappa shape index (κ2) is 9.32. The molecule has 1 aromatic carbocycles. The third-order valence-corrected chi connectivity index (χ3v) is 5.81. The van der Waals surface area contributed by atoms with Crippen LogP contribution < -0.4 is 9.47 Å². The fraction of sp³-hybridized carbons (Fsp3) is 0.381. The number of ether oxygens (including phenoxy) is 2. The van der Waals surface area contributed by atoms with Gasteiger partial charge in [-0.15, -0.1) is 0 Å². The Balaban J connectivity index is 1.87. The van der Waals surface area contributed by atoms with Crippen LogP contribution in [0.25, 0.3) is 0 Å². The summed E-state index contributed by atoms with van der Waals surface area (Å²) in [5.41, 5.74) is -1.07. The van der Waals surface area contributed by atoms with E-state index >= 15 is 0 Å². The number of nitrogens with zero attached hydrogens (tertiary/aromatic N) is 3. The highest BCUT2D eigenvalue weighted by molar-refractivity contribution is 9.10. The van der Waals surface area contributed by atoms with Crippen molar-refractivity contribution in [3.05, 3.63) is 51.3 Å². The zero-order chi connectivity index (χ0) is 25.4. The van der Waals surface area contributed by atoms with Crippen molar-refractivity contribution in [2.24, 2.45) is 0 Å². The van der Waals surface area contributed by atoms with Gasteiger partial charge >= 0.3 is 12.4 Å². The summed E-state index contributed by atoms with van der Waals surface area (Å²) in [6.45, 7) is 0.834. The van der Waals surface area contributed by atoms with E-state index in [0.717, 1.165) is 26.2 Å². The summed E-state index contributed by atoms with van der Waals surface area (Å²) in [7, 11) is 1.16. The van der Waals surface area contributed by atoms with E-state index in [0.29, 0.717) is 11.9 Å². The molecule has 1 aliphatic rings. The fourth-order valence-corrected chi connectivity index (χ4v) is 3.97. The van der Waals surface area contributed by atoms with Gasteiger partial charge in [0.1, 0.15) is 17.4 Å². The Kier molecular flexibility index (Phi) is 7.02. The summed E-state index contributed by atoms with van der Waals surface area (Å²) >= 11 is 3.07. The van der Waals surface area contributed by atoms with Crippen LogP contribution in [0.3, 0.4) is 0 Å². The molecule has 34 heavy (non-hydrogen) atoms. The average Bonchev–Trinajstić information content (AvgIpc) is 2.71. The molecule has 6 nitrogen and oxygen atoms in total. The van der Waals surface area contributed by atoms with E-state index in [1.165, 1.54) is 11.0 Å². The lowest BCUT2D eigenvalue weighted by atomic mass is 9.93. The molecule has 1 atom stereocenters. The number of methoxy groups -OCH3 is 1. The Labute approximate surface area is 198 Å². The zero-order valence-corrected chi connectivity index (χ0v) is 19.2. The van der Waals surface area contributed by atoms with Crippen molar-refractivity contribution in [2.45, 2.75) is 31.3 Å². The van der Waals surface area contributed by atoms with Gasteiger partial charge in [0.05, 0.1) is 23.9 Å². The Bertz CT molecular complexity index is 1140. The van der Waals surface area contributed by atoms with Gasteiger partial charge in [-0.1, -0.05) is 0 Å². The number of likely N-dealkylation sites (tertiary alicyclic amines) is 1. The molecule has 0 aliphatic carbocycles. The summed E-state index contributed by atoms with van der Waals surface area (Å²) in [6, 6.07) is 4.95. The van der Waals surface area contributed by atoms with Gasteiger partial charge < -0.3 is 14.4 Å². The Morgan fingerprint density at radius 3 is 2.41 bits per heavy atom. The highest BCUT2D eigenvalue weighted by Gasteiger charge is 2.41. The minimum absolute atomic E-state index is 0.0317. The number of carbonyl (C=O) groups excluding carboxylic acids is 1. The molecule has 1 aliphatic heterocycles. The van der Waals surface area contributed by atoms with E-state index in [-0.39, 0.29) is 34.4 Å². The van der Waals surface area contributed by atoms with Crippen molar-refractivity contribution in [1.29, 1.82) is 5.26 Å². The van der Waals surface area contributed by atoms with Crippen LogP contribution in [0.4, 0.5) is 26.3 Å². The van der Waals surface area contributed by atoms with E-state index < -0.39 is 41.6 Å². The summed E-state index contributed by atoms with van der Waals surface area (Å²) in [5, 5.41) is 9.30. The number of halogens is 7. The van der Waals surface area contributed by atoms with Crippen LogP contribution in [-0.4, -0.2) is 48.3 Å². The molecular formula is C21H16BrF6N3O3. The Morgan fingerprint density at radius 2 is 1.91 bits per heavy atom. The molecule has 0 unspecified atom stereocenters. The van der Waals surface area contributed by atoms with Crippen molar-refractivity contribution in [3.8, 4) is 17.6 Å². The average molecular weight is 552 g/mol. The standard InChI is InChI=1S/C21H16BrF6N3O3/c1-10(20(23,24)25)34-15-4-3-11(6-29)18(33-2)16(15)19(32)31-8-12(9-31)17-14(22)5-13(7-30-17)21(26,27)28/h3-5,7,10,12H,8-9H2,1-2H3/t10-/m0/s1. The molecular weight excluding hydrogens is 536 g/mol. The highest BCUT2D eigenvalue weighted by atomic mass is 79.9. The molecule has 1 fully saturated rings. The Morgan fingerprint density at radius 1 is 1.26 bits per heavy atom. The topological polar surface area (TPSA) is 75.5 Å². The number of amides is 1. The van der Waals surface area contributed by atoms with Crippen LogP contribution in [0.5, 0.6) is 11.5 Å². The van der Waals surface area contributed by atoms with Crippen molar-refractivity contribution >= 4 is 21.8 Å². The first-order valence-corrected chi connectivity index (χ1v) is 10.4. The maximum atomic E-state index is 13.2. The second-order valence-corrected chi connectivity index (χ2v) is 8.28. The fourth-order valence-electron chi connectivity index (χ4n) is 3.30. The highest BCUT2D eigenvalue weighted by Crippen LogP contribution is 2.40. The van der Waals surface area contributed by atoms with Crippen LogP contribution in [0.1, 0.15) is 40.0 Å². The van der Waals surface area contributed by atoms with Crippen molar-refractivity contribution in [2.75, 3.05) is 20.2 Å². The number of nitriles is 1. The minimum Gasteiger partial charge on any atom is -0.494 e. The lowest BCUT2D eigenvalue weighted by Crippen LogP contribution is -2.49. The normalized spacial score (nSPS) is 15.4. The van der Waals surface area contributed by atoms with Gasteiger partial charge in [0.2, 0.25) is 0 Å². The summed E-state index contributed by atoms with van der Waals surface area (Å²) < 4.78 is 87.9. The summed E-state index contributed by atoms with van der Waals surface area (Å²) in [5.74, 6) is -1.82. The molecule has 0 radical (unpaired) electrons. The van der Waals surface area contributed by atoms with Gasteiger partial charge in [0.15, 0.2) is 11.9 Å². The third-order valence-electron chi connectivity index (χ3n) is 5.18. The van der Waals surface area contributed by atoms with Crippen LogP contribution in [-0.2, 0) is 6.18 Å². The maximum absolute atomic E-state index is 13.2. The predicted molar refractivity (Wildman–Crippen MR) is 109 cm³/mol. The Hall–Kier alpha value is -3.01. The predicted octanol–water partition coefficient (Wildman–Crippen LogP) is 5.31. The van der Waals surface area contributed by atoms with Crippen LogP contribution in [0.15, 0.2) is 28.9 Å². The molecule has 0 spiro atoms. The van der Waals surface area contributed by atoms with Crippen LogP contribution >= 0.6 is 15.9 Å². The number of carbonyl (C=O) groups is 1. The number of pyridine rings is 1. The molecule has 0 saturated carbocycles. The molecule has 0 N–H and O–H groups in total. The van der Waals surface area contributed by atoms with Gasteiger partial charge in [-0.2, -0.15) is 31.6 Å². The summed E-state index contributed by atoms with van der Waals surface area (Å²) in [6.07, 6.45) is -10.8. The smallest absolute Gasteiger partial charge is 0.425 e. The van der Waals surface area contributed by atoms with E-state index in [1.54, 1.807) is 6.07 Å². The number of alkyl halides is 6. The van der Waals surface area contributed by atoms with E-state index in [4.69, 9.17) is 9.47 Å². The molecule has 1 amide bonds. The minimum atomic E-state index is -4.70. The van der Waals surface area contributed by atoms with Crippen molar-refractivity contribution in [3.63, 3.8) is 0 Å². The van der Waals surface area contributed by atoms with Gasteiger partial charge in [-0.25, -0.2) is 0 Å². The van der Waals surface area contributed by atoms with E-state index in [2.05, 4.69) is 20.9 Å². The number of hydrogen-bond donors (Lipinski definition) is 0. The molecule has 2 heterocycles. The first-order valence-electron chi connectivity index (χ1n) is 9.64. The first-order chi connectivity index (χ1) is 15.8. The van der Waals surface area contributed by atoms with Gasteiger partial charge in [-0.05, 0) is 41.1 Å². The number of rotatable bonds is 5. The molecule has 0 bridgehead atoms. The quantitative estimate of drug-likeness (QED) is 0.470. The molecule has 13 heteroatoms. The van der Waals surface area contributed by atoms with Gasteiger partial charge in [0.25, 0.3) is 5.91 Å². The zero-order valence-electron chi connectivity index (χ0n) is 17.6. The number of aromatic nitrogens is 1. The largest absolute Gasteiger partial charge is 0.494 e. The van der Waals surface area contributed by atoms with E-state index in [1.807, 2.05) is 0 Å². The molecule has 1 saturated heterocycles. The monoisotopic (exact) mass is 551 g/mol. The summed E-state index contributed by atoms with van der Waals surface area (Å²) in [4.78, 5) is 18.3. The number of benzene rings is 1. The van der Waals surface area contributed by atoms with E-state index in [9.17, 15) is 36.4 Å². The lowest BCUT2D eigenvalue weighted by Gasteiger charge is -2.39. The van der Waals surface area contributed by atoms with Crippen molar-refractivity contribution in [1.82, 2.24) is 9.88 Å². The van der Waals surface area contributed by atoms with Crippen LogP contribution in [0, 0.1) is 11.3 Å². The second-order valence-electron chi connectivity index (χ2n) is 7.43.